The van der Waals surface area contributed by atoms with E-state index in [0.717, 1.165) is 49.9 Å². The SMILES string of the molecule is CC(C)CC1CCN(C(=O)N2CCC(C3CCN(C(C)C)CC3)CC2)CC1. The summed E-state index contributed by atoms with van der Waals surface area (Å²) in [5.74, 6) is 3.35. The molecule has 0 unspecified atom stereocenters. The Morgan fingerprint density at radius 2 is 1.19 bits per heavy atom. The van der Waals surface area contributed by atoms with E-state index in [0.29, 0.717) is 12.1 Å². The molecule has 3 heterocycles. The van der Waals surface area contributed by atoms with Crippen LogP contribution in [0.25, 0.3) is 0 Å². The molecule has 0 aromatic carbocycles. The van der Waals surface area contributed by atoms with Crippen LogP contribution in [0.3, 0.4) is 0 Å². The molecule has 4 heteroatoms. The van der Waals surface area contributed by atoms with Crippen LogP contribution in [0.2, 0.25) is 0 Å². The topological polar surface area (TPSA) is 26.8 Å². The second kappa shape index (κ2) is 9.62. The molecule has 0 saturated carbocycles. The van der Waals surface area contributed by atoms with Crippen molar-refractivity contribution in [3.63, 3.8) is 0 Å². The van der Waals surface area contributed by atoms with Gasteiger partial charge >= 0.3 is 6.03 Å². The number of rotatable bonds is 4. The number of carbonyl (C=O) groups is 1. The van der Waals surface area contributed by atoms with Crippen molar-refractivity contribution in [1.29, 1.82) is 0 Å². The summed E-state index contributed by atoms with van der Waals surface area (Å²) in [5.41, 5.74) is 0. The first-order valence-corrected chi connectivity index (χ1v) is 11.7. The molecule has 4 nitrogen and oxygen atoms in total. The quantitative estimate of drug-likeness (QED) is 0.710. The largest absolute Gasteiger partial charge is 0.325 e. The maximum Gasteiger partial charge on any atom is 0.319 e. The Morgan fingerprint density at radius 1 is 0.741 bits per heavy atom. The van der Waals surface area contributed by atoms with Crippen molar-refractivity contribution in [3.8, 4) is 0 Å². The van der Waals surface area contributed by atoms with Crippen molar-refractivity contribution in [2.75, 3.05) is 39.3 Å². The third-order valence-corrected chi connectivity index (χ3v) is 7.47. The molecule has 2 amide bonds. The predicted octanol–water partition coefficient (Wildman–Crippen LogP) is 4.70. The fourth-order valence-electron chi connectivity index (χ4n) is 5.70. The molecule has 0 spiro atoms. The molecule has 3 saturated heterocycles. The van der Waals surface area contributed by atoms with Gasteiger partial charge < -0.3 is 14.7 Å². The minimum atomic E-state index is 0.325. The molecule has 3 rings (SSSR count). The molecule has 156 valence electrons. The lowest BCUT2D eigenvalue weighted by Crippen LogP contribution is -2.50. The van der Waals surface area contributed by atoms with Crippen LogP contribution < -0.4 is 0 Å². The molecule has 3 fully saturated rings. The van der Waals surface area contributed by atoms with Crippen LogP contribution >= 0.6 is 0 Å². The molecule has 0 aromatic heterocycles. The van der Waals surface area contributed by atoms with Crippen LogP contribution in [0.15, 0.2) is 0 Å². The van der Waals surface area contributed by atoms with Gasteiger partial charge in [0, 0.05) is 32.2 Å². The van der Waals surface area contributed by atoms with Crippen molar-refractivity contribution < 1.29 is 4.79 Å². The molecular formula is C23H43N3O. The highest BCUT2D eigenvalue weighted by Gasteiger charge is 2.33. The Bertz CT molecular complexity index is 454. The smallest absolute Gasteiger partial charge is 0.319 e. The normalized spacial score (nSPS) is 25.0. The van der Waals surface area contributed by atoms with Gasteiger partial charge in [0.15, 0.2) is 0 Å². The molecule has 0 aromatic rings. The van der Waals surface area contributed by atoms with Crippen LogP contribution in [0.5, 0.6) is 0 Å². The Morgan fingerprint density at radius 3 is 1.63 bits per heavy atom. The van der Waals surface area contributed by atoms with Gasteiger partial charge in [0.1, 0.15) is 0 Å². The Hall–Kier alpha value is -0.770. The highest BCUT2D eigenvalue weighted by Crippen LogP contribution is 2.33. The zero-order valence-electron chi connectivity index (χ0n) is 18.3. The number of hydrogen-bond donors (Lipinski definition) is 0. The first-order chi connectivity index (χ1) is 12.9. The Kier molecular flexibility index (Phi) is 7.47. The van der Waals surface area contributed by atoms with Crippen molar-refractivity contribution in [3.05, 3.63) is 0 Å². The van der Waals surface area contributed by atoms with E-state index >= 15 is 0 Å². The summed E-state index contributed by atoms with van der Waals surface area (Å²) in [6, 6.07) is 1.01. The van der Waals surface area contributed by atoms with Gasteiger partial charge in [0.05, 0.1) is 0 Å². The molecule has 3 aliphatic heterocycles. The van der Waals surface area contributed by atoms with E-state index in [9.17, 15) is 4.79 Å². The zero-order chi connectivity index (χ0) is 19.4. The first kappa shape index (κ1) is 21.0. The minimum Gasteiger partial charge on any atom is -0.325 e. The number of nitrogens with zero attached hydrogens (tertiary/aromatic N) is 3. The first-order valence-electron chi connectivity index (χ1n) is 11.7. The van der Waals surface area contributed by atoms with Crippen molar-refractivity contribution >= 4 is 6.03 Å². The summed E-state index contributed by atoms with van der Waals surface area (Å²) < 4.78 is 0. The highest BCUT2D eigenvalue weighted by atomic mass is 16.2. The Labute approximate surface area is 167 Å². The third-order valence-electron chi connectivity index (χ3n) is 7.47. The van der Waals surface area contributed by atoms with Crippen LogP contribution in [-0.4, -0.2) is 66.0 Å². The number of likely N-dealkylation sites (tertiary alicyclic amines) is 3. The van der Waals surface area contributed by atoms with Crippen LogP contribution in [0.1, 0.15) is 72.6 Å². The summed E-state index contributed by atoms with van der Waals surface area (Å²) in [7, 11) is 0. The van der Waals surface area contributed by atoms with Gasteiger partial charge in [-0.2, -0.15) is 0 Å². The van der Waals surface area contributed by atoms with E-state index in [1.807, 2.05) is 0 Å². The minimum absolute atomic E-state index is 0.325. The second-order valence-electron chi connectivity index (χ2n) is 10.1. The van der Waals surface area contributed by atoms with Crippen molar-refractivity contribution in [2.24, 2.45) is 23.7 Å². The van der Waals surface area contributed by atoms with E-state index in [4.69, 9.17) is 0 Å². The van der Waals surface area contributed by atoms with Gasteiger partial charge in [-0.25, -0.2) is 4.79 Å². The van der Waals surface area contributed by atoms with Crippen LogP contribution in [0.4, 0.5) is 4.79 Å². The van der Waals surface area contributed by atoms with Crippen molar-refractivity contribution in [2.45, 2.75) is 78.7 Å². The monoisotopic (exact) mass is 377 g/mol. The van der Waals surface area contributed by atoms with Gasteiger partial charge in [-0.1, -0.05) is 13.8 Å². The summed E-state index contributed by atoms with van der Waals surface area (Å²) in [6.07, 6.45) is 8.90. The van der Waals surface area contributed by atoms with Gasteiger partial charge in [0.2, 0.25) is 0 Å². The molecule has 3 aliphatic rings. The molecule has 27 heavy (non-hydrogen) atoms. The van der Waals surface area contributed by atoms with E-state index in [1.54, 1.807) is 0 Å². The van der Waals surface area contributed by atoms with Gasteiger partial charge in [-0.3, -0.25) is 0 Å². The lowest BCUT2D eigenvalue weighted by Gasteiger charge is -2.43. The van der Waals surface area contributed by atoms with Gasteiger partial charge in [-0.15, -0.1) is 0 Å². The zero-order valence-corrected chi connectivity index (χ0v) is 18.3. The summed E-state index contributed by atoms with van der Waals surface area (Å²) >= 11 is 0. The fraction of sp³-hybridized carbons (Fsp3) is 0.957. The summed E-state index contributed by atoms with van der Waals surface area (Å²) in [5, 5.41) is 0. The fourth-order valence-corrected chi connectivity index (χ4v) is 5.70. The van der Waals surface area contributed by atoms with Gasteiger partial charge in [0.25, 0.3) is 0 Å². The van der Waals surface area contributed by atoms with Crippen LogP contribution in [-0.2, 0) is 0 Å². The molecule has 0 bridgehead atoms. The molecular weight excluding hydrogens is 334 g/mol. The van der Waals surface area contributed by atoms with E-state index < -0.39 is 0 Å². The maximum absolute atomic E-state index is 12.9. The third kappa shape index (κ3) is 5.62. The molecule has 0 atom stereocenters. The number of hydrogen-bond acceptors (Lipinski definition) is 2. The average molecular weight is 378 g/mol. The number of carbonyl (C=O) groups excluding carboxylic acids is 1. The average Bonchev–Trinajstić information content (AvgIpc) is 2.68. The second-order valence-corrected chi connectivity index (χ2v) is 10.1. The number of amides is 2. The van der Waals surface area contributed by atoms with Crippen LogP contribution in [0, 0.1) is 23.7 Å². The molecule has 0 aliphatic carbocycles. The van der Waals surface area contributed by atoms with E-state index in [1.165, 1.54) is 58.0 Å². The summed E-state index contributed by atoms with van der Waals surface area (Å²) in [4.78, 5) is 19.8. The number of urea groups is 1. The van der Waals surface area contributed by atoms with E-state index in [2.05, 4.69) is 42.4 Å². The lowest BCUT2D eigenvalue weighted by atomic mass is 9.78. The predicted molar refractivity (Wildman–Crippen MR) is 113 cm³/mol. The van der Waals surface area contributed by atoms with Gasteiger partial charge in [-0.05, 0) is 95.6 Å². The molecule has 0 radical (unpaired) electrons. The summed E-state index contributed by atoms with van der Waals surface area (Å²) in [6.45, 7) is 15.7. The number of piperidine rings is 3. The maximum atomic E-state index is 12.9. The Balaban J connectivity index is 1.39. The standard InChI is InChI=1S/C23H43N3O/c1-18(2)17-20-5-11-25(12-6-20)23(27)26-15-9-22(10-16-26)21-7-13-24(14-8-21)19(3)4/h18-22H,5-17H2,1-4H3. The highest BCUT2D eigenvalue weighted by molar-refractivity contribution is 5.74. The molecule has 0 N–H and O–H groups in total. The van der Waals surface area contributed by atoms with E-state index in [-0.39, 0.29) is 0 Å². The van der Waals surface area contributed by atoms with Crippen molar-refractivity contribution in [1.82, 2.24) is 14.7 Å². The lowest BCUT2D eigenvalue weighted by molar-refractivity contribution is 0.0778.